The van der Waals surface area contributed by atoms with Gasteiger partial charge in [-0.2, -0.15) is 0 Å². The summed E-state index contributed by atoms with van der Waals surface area (Å²) >= 11 is 5.76. The Hall–Kier alpha value is -0.603. The zero-order chi connectivity index (χ0) is 9.90. The molecule has 70 valence electrons. The van der Waals surface area contributed by atoms with Crippen molar-refractivity contribution in [3.8, 4) is 0 Å². The molecule has 0 atom stereocenters. The van der Waals surface area contributed by atoms with E-state index in [0.717, 1.165) is 10.6 Å². The fourth-order valence-corrected chi connectivity index (χ4v) is 1.40. The minimum atomic E-state index is -1.44. The average molecular weight is 214 g/mol. The lowest BCUT2D eigenvalue weighted by molar-refractivity contribution is -0.0921. The zero-order valence-electron chi connectivity index (χ0n) is 8.17. The molecule has 0 unspecified atom stereocenters. The van der Waals surface area contributed by atoms with E-state index in [9.17, 15) is 0 Å². The molecule has 1 aromatic rings. The highest BCUT2D eigenvalue weighted by Gasteiger charge is 2.28. The van der Waals surface area contributed by atoms with E-state index < -0.39 is 8.32 Å². The van der Waals surface area contributed by atoms with Gasteiger partial charge in [0.05, 0.1) is 5.56 Å². The van der Waals surface area contributed by atoms with Crippen molar-refractivity contribution in [1.82, 2.24) is 0 Å². The van der Waals surface area contributed by atoms with Crippen LogP contribution in [0.15, 0.2) is 24.3 Å². The Morgan fingerprint density at radius 1 is 1.15 bits per heavy atom. The summed E-state index contributed by atoms with van der Waals surface area (Å²) in [6.07, 6.45) is 1.81. The van der Waals surface area contributed by atoms with Gasteiger partial charge < -0.3 is 4.11 Å². The lowest BCUT2D eigenvalue weighted by Crippen LogP contribution is -2.17. The fraction of sp³-hybridized carbons (Fsp3) is 0.300. The lowest BCUT2D eigenvalue weighted by atomic mass is 10.2. The average Bonchev–Trinajstić information content (AvgIpc) is 2.02. The molecule has 0 N–H and O–H groups in total. The van der Waals surface area contributed by atoms with Crippen LogP contribution in [0.5, 0.6) is 0 Å². The molecule has 1 aromatic carbocycles. The van der Waals surface area contributed by atoms with Crippen molar-refractivity contribution < 1.29 is 4.11 Å². The minimum absolute atomic E-state index is 0.755. The molecule has 0 saturated heterocycles. The fourth-order valence-electron chi connectivity index (χ4n) is 0.786. The number of hydrogen-bond acceptors (Lipinski definition) is 0. The molecule has 0 aliphatic rings. The first kappa shape index (κ1) is 10.5. The summed E-state index contributed by atoms with van der Waals surface area (Å²) in [5.41, 5.74) is 1.06. The molecule has 1 rings (SSSR count). The normalized spacial score (nSPS) is 12.3. The first-order valence-electron chi connectivity index (χ1n) is 4.24. The van der Waals surface area contributed by atoms with E-state index in [0.29, 0.717) is 0 Å². The number of benzene rings is 1. The highest BCUT2D eigenvalue weighted by molar-refractivity contribution is 6.67. The number of halogens is 1. The largest absolute Gasteiger partial charge is 0.508 e. The molecule has 0 amide bonds. The van der Waals surface area contributed by atoms with Gasteiger partial charge in [-0.1, -0.05) is 11.6 Å². The van der Waals surface area contributed by atoms with Gasteiger partial charge in [-0.3, -0.25) is 0 Å². The third-order valence-electron chi connectivity index (χ3n) is 1.42. The molecule has 3 heteroatoms. The predicted molar refractivity (Wildman–Crippen MR) is 60.2 cm³/mol. The van der Waals surface area contributed by atoms with Crippen LogP contribution in [0.2, 0.25) is 24.7 Å². The van der Waals surface area contributed by atoms with Gasteiger partial charge in [-0.05, 0) is 24.3 Å². The molecule has 0 spiro atoms. The number of rotatable bonds is 2. The first-order valence-corrected chi connectivity index (χ1v) is 8.03. The maximum Gasteiger partial charge on any atom is 0.508 e. The summed E-state index contributed by atoms with van der Waals surface area (Å²) in [6, 6.07) is 7.62. The molecule has 0 fully saturated rings. The zero-order valence-corrected chi connectivity index (χ0v) is 9.93. The second-order valence-electron chi connectivity index (χ2n) is 3.90. The predicted octanol–water partition coefficient (Wildman–Crippen LogP) is 3.52. The molecule has 13 heavy (non-hydrogen) atoms. The van der Waals surface area contributed by atoms with Crippen LogP contribution in [0.1, 0.15) is 9.68 Å². The van der Waals surface area contributed by atoms with Crippen molar-refractivity contribution in [3.63, 3.8) is 0 Å². The van der Waals surface area contributed by atoms with Crippen molar-refractivity contribution >= 4 is 26.2 Å². The van der Waals surface area contributed by atoms with Crippen LogP contribution in [0.25, 0.3) is 0 Å². The van der Waals surface area contributed by atoms with Gasteiger partial charge in [-0.25, -0.2) is 0 Å². The Kier molecular flexibility index (Phi) is 3.28. The maximum atomic E-state index is 5.76. The van der Waals surface area contributed by atoms with Gasteiger partial charge in [0.1, 0.15) is 0 Å². The Balaban J connectivity index is 2.75. The summed E-state index contributed by atoms with van der Waals surface area (Å²) in [6.45, 7) is 6.46. The molecule has 0 heterocycles. The van der Waals surface area contributed by atoms with Crippen LogP contribution in [-0.4, -0.2) is 14.6 Å². The summed E-state index contributed by atoms with van der Waals surface area (Å²) < 4.78 is 5.63. The van der Waals surface area contributed by atoms with Gasteiger partial charge in [0.25, 0.3) is 6.29 Å². The standard InChI is InChI=1S/C10H14ClOSi/c1-13(2,3)12-8-9-4-6-10(11)7-5-9/h4-8H,1-3H3/q+1. The van der Waals surface area contributed by atoms with Crippen molar-refractivity contribution in [2.75, 3.05) is 0 Å². The van der Waals surface area contributed by atoms with E-state index in [4.69, 9.17) is 15.7 Å². The van der Waals surface area contributed by atoms with Gasteiger partial charge in [-0.15, -0.1) is 0 Å². The molecular formula is C10H14ClOSi+. The van der Waals surface area contributed by atoms with Crippen molar-refractivity contribution in [3.05, 3.63) is 34.9 Å². The van der Waals surface area contributed by atoms with Gasteiger partial charge in [0, 0.05) is 24.7 Å². The van der Waals surface area contributed by atoms with E-state index in [1.54, 1.807) is 0 Å². The van der Waals surface area contributed by atoms with Crippen molar-refractivity contribution in [1.29, 1.82) is 0 Å². The van der Waals surface area contributed by atoms with Gasteiger partial charge in [0.2, 0.25) is 0 Å². The smallest absolute Gasteiger partial charge is 0.378 e. The molecule has 0 aromatic heterocycles. The molecule has 0 bridgehead atoms. The van der Waals surface area contributed by atoms with Crippen LogP contribution < -0.4 is 0 Å². The third kappa shape index (κ3) is 4.25. The Morgan fingerprint density at radius 3 is 2.15 bits per heavy atom. The summed E-state index contributed by atoms with van der Waals surface area (Å²) in [4.78, 5) is 0. The maximum absolute atomic E-state index is 5.76. The molecular weight excluding hydrogens is 200 g/mol. The van der Waals surface area contributed by atoms with E-state index >= 15 is 0 Å². The Bertz CT molecular complexity index is 298. The van der Waals surface area contributed by atoms with Crippen LogP contribution in [0, 0.1) is 0 Å². The Labute approximate surface area is 85.2 Å². The van der Waals surface area contributed by atoms with Gasteiger partial charge in [0.15, 0.2) is 0 Å². The quantitative estimate of drug-likeness (QED) is 0.405. The van der Waals surface area contributed by atoms with Gasteiger partial charge >= 0.3 is 8.32 Å². The first-order chi connectivity index (χ1) is 5.97. The number of carbonyl (C=O) groups excluding carboxylic acids is 1. The highest BCUT2D eigenvalue weighted by Crippen LogP contribution is 2.08. The summed E-state index contributed by atoms with van der Waals surface area (Å²) in [5.74, 6) is 0. The van der Waals surface area contributed by atoms with Crippen LogP contribution in [-0.2, 0) is 0 Å². The van der Waals surface area contributed by atoms with Crippen molar-refractivity contribution in [2.45, 2.75) is 19.6 Å². The molecule has 0 saturated carbocycles. The van der Waals surface area contributed by atoms with E-state index in [2.05, 4.69) is 19.6 Å². The van der Waals surface area contributed by atoms with Crippen LogP contribution in [0.3, 0.4) is 0 Å². The SMILES string of the molecule is C[Si](C)(C)[O+]=Cc1ccc(Cl)cc1. The molecule has 0 aliphatic carbocycles. The second kappa shape index (κ2) is 4.07. The number of aldehydes is 1. The highest BCUT2D eigenvalue weighted by atomic mass is 35.5. The lowest BCUT2D eigenvalue weighted by Gasteiger charge is -1.93. The summed E-state index contributed by atoms with van der Waals surface area (Å²) in [5, 5.41) is 0.755. The minimum Gasteiger partial charge on any atom is -0.378 e. The van der Waals surface area contributed by atoms with E-state index in [-0.39, 0.29) is 0 Å². The third-order valence-corrected chi connectivity index (χ3v) is 2.50. The van der Waals surface area contributed by atoms with E-state index in [1.807, 2.05) is 30.6 Å². The van der Waals surface area contributed by atoms with Crippen LogP contribution in [0.4, 0.5) is 0 Å². The number of hydrogen-bond donors (Lipinski definition) is 0. The summed E-state index contributed by atoms with van der Waals surface area (Å²) in [7, 11) is -1.44. The molecule has 1 nitrogen and oxygen atoms in total. The molecule has 0 aliphatic heterocycles. The monoisotopic (exact) mass is 213 g/mol. The Morgan fingerprint density at radius 2 is 1.69 bits per heavy atom. The van der Waals surface area contributed by atoms with Crippen LogP contribution >= 0.6 is 11.6 Å². The van der Waals surface area contributed by atoms with Crippen molar-refractivity contribution in [2.24, 2.45) is 0 Å². The topological polar surface area (TPSA) is 11.3 Å². The molecule has 0 radical (unpaired) electrons. The van der Waals surface area contributed by atoms with E-state index in [1.165, 1.54) is 0 Å². The second-order valence-corrected chi connectivity index (χ2v) is 8.80.